The van der Waals surface area contributed by atoms with Crippen LogP contribution >= 0.6 is 0 Å². The lowest BCUT2D eigenvalue weighted by atomic mass is 10.2. The maximum atomic E-state index is 12.0. The Kier molecular flexibility index (Phi) is 5.83. The van der Waals surface area contributed by atoms with Gasteiger partial charge in [-0.2, -0.15) is 5.26 Å². The third kappa shape index (κ3) is 4.90. The molecule has 0 bridgehead atoms. The number of benzene rings is 2. The maximum Gasteiger partial charge on any atom is 0.293 e. The van der Waals surface area contributed by atoms with E-state index < -0.39 is 15.7 Å². The van der Waals surface area contributed by atoms with Crippen LogP contribution in [0.25, 0.3) is 0 Å². The van der Waals surface area contributed by atoms with E-state index in [4.69, 9.17) is 5.26 Å². The Morgan fingerprint density at radius 2 is 1.96 bits per heavy atom. The molecule has 0 aliphatic carbocycles. The van der Waals surface area contributed by atoms with Gasteiger partial charge in [0.1, 0.15) is 5.69 Å². The molecule has 0 radical (unpaired) electrons. The summed E-state index contributed by atoms with van der Waals surface area (Å²) in [6, 6.07) is 15.6. The third-order valence-corrected chi connectivity index (χ3v) is 4.45. The molecule has 2 aromatic carbocycles. The fourth-order valence-corrected chi connectivity index (χ4v) is 3.07. The first kappa shape index (κ1) is 16.6. The van der Waals surface area contributed by atoms with Crippen molar-refractivity contribution in [3.63, 3.8) is 0 Å². The molecule has 2 rings (SSSR count). The van der Waals surface area contributed by atoms with Crippen LogP contribution in [0.4, 0.5) is 11.4 Å². The Morgan fingerprint density at radius 1 is 1.22 bits per heavy atom. The zero-order chi connectivity index (χ0) is 16.7. The van der Waals surface area contributed by atoms with Gasteiger partial charge in [-0.15, -0.1) is 0 Å². The molecule has 1 unspecified atom stereocenters. The average Bonchev–Trinajstić information content (AvgIpc) is 2.55. The van der Waals surface area contributed by atoms with Gasteiger partial charge >= 0.3 is 0 Å². The van der Waals surface area contributed by atoms with Crippen molar-refractivity contribution in [2.24, 2.45) is 0 Å². The monoisotopic (exact) mass is 329 g/mol. The minimum absolute atomic E-state index is 0.155. The summed E-state index contributed by atoms with van der Waals surface area (Å²) < 4.78 is 12.0. The summed E-state index contributed by atoms with van der Waals surface area (Å²) in [5.41, 5.74) is 1.40. The molecule has 2 aromatic rings. The van der Waals surface area contributed by atoms with Gasteiger partial charge in [0.2, 0.25) is 0 Å². The maximum absolute atomic E-state index is 12.0. The molecule has 0 heterocycles. The second-order valence-electron chi connectivity index (χ2n) is 4.80. The summed E-state index contributed by atoms with van der Waals surface area (Å²) in [5.74, 6) is 0.837. The Bertz CT molecular complexity index is 757. The lowest BCUT2D eigenvalue weighted by Crippen LogP contribution is -2.13. The molecule has 1 N–H and O–H groups in total. The zero-order valence-electron chi connectivity index (χ0n) is 12.3. The fourth-order valence-electron chi connectivity index (χ4n) is 2.03. The van der Waals surface area contributed by atoms with Crippen LogP contribution in [0.3, 0.4) is 0 Å². The number of rotatable bonds is 7. The highest BCUT2D eigenvalue weighted by Gasteiger charge is 2.14. The molecule has 0 saturated heterocycles. The van der Waals surface area contributed by atoms with Gasteiger partial charge in [-0.05, 0) is 17.7 Å². The summed E-state index contributed by atoms with van der Waals surface area (Å²) in [6.07, 6.45) is 0. The standard InChI is InChI=1S/C16H15N3O3S/c17-11-14-6-7-15(16(10-14)19(20)21)18-8-9-23(22)12-13-4-2-1-3-5-13/h1-7,10,18H,8-9,12H2. The van der Waals surface area contributed by atoms with Crippen molar-refractivity contribution < 1.29 is 9.13 Å². The second kappa shape index (κ2) is 8.06. The smallest absolute Gasteiger partial charge is 0.293 e. The van der Waals surface area contributed by atoms with Crippen molar-refractivity contribution in [3.8, 4) is 6.07 Å². The van der Waals surface area contributed by atoms with Crippen molar-refractivity contribution in [2.45, 2.75) is 5.75 Å². The van der Waals surface area contributed by atoms with Crippen molar-refractivity contribution in [3.05, 3.63) is 69.8 Å². The Morgan fingerprint density at radius 3 is 2.61 bits per heavy atom. The molecule has 0 aliphatic rings. The van der Waals surface area contributed by atoms with Gasteiger partial charge in [0.25, 0.3) is 5.69 Å². The third-order valence-electron chi connectivity index (χ3n) is 3.14. The van der Waals surface area contributed by atoms with E-state index in [1.165, 1.54) is 18.2 Å². The molecular weight excluding hydrogens is 314 g/mol. The van der Waals surface area contributed by atoms with Crippen molar-refractivity contribution in [1.82, 2.24) is 0 Å². The van der Waals surface area contributed by atoms with Gasteiger partial charge in [0.15, 0.2) is 0 Å². The van der Waals surface area contributed by atoms with E-state index >= 15 is 0 Å². The normalized spacial score (nSPS) is 11.4. The molecule has 7 heteroatoms. The Hall–Kier alpha value is -2.72. The van der Waals surface area contributed by atoms with Gasteiger partial charge in [0, 0.05) is 34.9 Å². The number of nitro groups is 1. The van der Waals surface area contributed by atoms with Crippen molar-refractivity contribution in [2.75, 3.05) is 17.6 Å². The number of nitrogens with one attached hydrogen (secondary N) is 1. The van der Waals surface area contributed by atoms with Crippen molar-refractivity contribution in [1.29, 1.82) is 5.26 Å². The average molecular weight is 329 g/mol. The summed E-state index contributed by atoms with van der Waals surface area (Å²) in [5, 5.41) is 22.7. The van der Waals surface area contributed by atoms with Crippen LogP contribution in [0.2, 0.25) is 0 Å². The largest absolute Gasteiger partial charge is 0.379 e. The first-order valence-electron chi connectivity index (χ1n) is 6.91. The molecule has 1 atom stereocenters. The zero-order valence-corrected chi connectivity index (χ0v) is 13.1. The molecule has 0 amide bonds. The summed E-state index contributed by atoms with van der Waals surface area (Å²) in [7, 11) is -1.05. The first-order valence-corrected chi connectivity index (χ1v) is 8.40. The molecular formula is C16H15N3O3S. The summed E-state index contributed by atoms with van der Waals surface area (Å²) in [6.45, 7) is 0.353. The highest BCUT2D eigenvalue weighted by molar-refractivity contribution is 7.84. The second-order valence-corrected chi connectivity index (χ2v) is 6.38. The quantitative estimate of drug-likeness (QED) is 0.622. The van der Waals surface area contributed by atoms with Crippen molar-refractivity contribution >= 4 is 22.2 Å². The van der Waals surface area contributed by atoms with Gasteiger partial charge < -0.3 is 5.32 Å². The number of hydrogen-bond acceptors (Lipinski definition) is 5. The van der Waals surface area contributed by atoms with E-state index in [1.54, 1.807) is 0 Å². The molecule has 0 aromatic heterocycles. The number of hydrogen-bond donors (Lipinski definition) is 1. The molecule has 0 saturated carbocycles. The lowest BCUT2D eigenvalue weighted by Gasteiger charge is -2.07. The van der Waals surface area contributed by atoms with Gasteiger partial charge in [-0.3, -0.25) is 14.3 Å². The van der Waals surface area contributed by atoms with Crippen LogP contribution in [-0.2, 0) is 16.6 Å². The minimum Gasteiger partial charge on any atom is -0.379 e. The van der Waals surface area contributed by atoms with E-state index in [-0.39, 0.29) is 11.3 Å². The molecule has 0 fully saturated rings. The van der Waals surface area contributed by atoms with E-state index in [2.05, 4.69) is 5.32 Å². The van der Waals surface area contributed by atoms with Gasteiger partial charge in [-0.25, -0.2) is 0 Å². The highest BCUT2D eigenvalue weighted by atomic mass is 32.2. The number of nitro benzene ring substituents is 1. The lowest BCUT2D eigenvalue weighted by molar-refractivity contribution is -0.384. The topological polar surface area (TPSA) is 96.0 Å². The minimum atomic E-state index is -1.05. The Balaban J connectivity index is 1.92. The molecule has 0 spiro atoms. The van der Waals surface area contributed by atoms with Crippen LogP contribution in [0.1, 0.15) is 11.1 Å². The highest BCUT2D eigenvalue weighted by Crippen LogP contribution is 2.25. The fraction of sp³-hybridized carbons (Fsp3) is 0.188. The van der Waals surface area contributed by atoms with E-state index in [1.807, 2.05) is 36.4 Å². The van der Waals surface area contributed by atoms with E-state index in [0.717, 1.165) is 5.56 Å². The SMILES string of the molecule is N#Cc1ccc(NCCS(=O)Cc2ccccc2)c([N+](=O)[O-])c1. The van der Waals surface area contributed by atoms with E-state index in [9.17, 15) is 14.3 Å². The predicted octanol–water partition coefficient (Wildman–Crippen LogP) is 2.83. The van der Waals surface area contributed by atoms with Gasteiger partial charge in [-0.1, -0.05) is 30.3 Å². The number of nitriles is 1. The molecule has 6 nitrogen and oxygen atoms in total. The van der Waals surface area contributed by atoms with Crippen LogP contribution in [0.5, 0.6) is 0 Å². The number of nitrogens with zero attached hydrogens (tertiary/aromatic N) is 2. The van der Waals surface area contributed by atoms with Gasteiger partial charge in [0.05, 0.1) is 16.6 Å². The molecule has 118 valence electrons. The summed E-state index contributed by atoms with van der Waals surface area (Å²) >= 11 is 0. The van der Waals surface area contributed by atoms with Crippen LogP contribution in [0, 0.1) is 21.4 Å². The van der Waals surface area contributed by atoms with Crippen LogP contribution in [-0.4, -0.2) is 21.4 Å². The summed E-state index contributed by atoms with van der Waals surface area (Å²) in [4.78, 5) is 10.5. The van der Waals surface area contributed by atoms with Crippen LogP contribution < -0.4 is 5.32 Å². The number of anilines is 1. The Labute approximate surface area is 136 Å². The predicted molar refractivity (Wildman–Crippen MR) is 89.5 cm³/mol. The first-order chi connectivity index (χ1) is 11.1. The van der Waals surface area contributed by atoms with Crippen LogP contribution in [0.15, 0.2) is 48.5 Å². The van der Waals surface area contributed by atoms with E-state index in [0.29, 0.717) is 23.7 Å². The molecule has 23 heavy (non-hydrogen) atoms. The molecule has 0 aliphatic heterocycles.